The third-order valence-electron chi connectivity index (χ3n) is 1.49. The van der Waals surface area contributed by atoms with Gasteiger partial charge < -0.3 is 5.32 Å². The molecule has 0 radical (unpaired) electrons. The van der Waals surface area contributed by atoms with Crippen LogP contribution in [0.5, 0.6) is 0 Å². The minimum absolute atomic E-state index is 0.860. The highest BCUT2D eigenvalue weighted by atomic mass is 32.1. The van der Waals surface area contributed by atoms with Crippen LogP contribution in [0.3, 0.4) is 0 Å². The molecule has 0 aliphatic rings. The fourth-order valence-corrected chi connectivity index (χ4v) is 1.72. The summed E-state index contributed by atoms with van der Waals surface area (Å²) in [7, 11) is 0. The van der Waals surface area contributed by atoms with Gasteiger partial charge in [0.15, 0.2) is 0 Å². The lowest BCUT2D eigenvalue weighted by Gasteiger charge is -1.95. The lowest BCUT2D eigenvalue weighted by Crippen LogP contribution is -2.11. The van der Waals surface area contributed by atoms with E-state index in [0.717, 1.165) is 19.5 Å². The summed E-state index contributed by atoms with van der Waals surface area (Å²) in [5.74, 6) is 0. The molecule has 0 saturated heterocycles. The average Bonchev–Trinajstić information content (AvgIpc) is 2.53. The van der Waals surface area contributed by atoms with Crippen LogP contribution in [0.4, 0.5) is 0 Å². The Hall–Kier alpha value is -0.670. The van der Waals surface area contributed by atoms with Gasteiger partial charge in [0, 0.05) is 24.2 Å². The Kier molecular flexibility index (Phi) is 3.97. The van der Waals surface area contributed by atoms with E-state index in [1.165, 1.54) is 9.88 Å². The van der Waals surface area contributed by atoms with E-state index in [-0.39, 0.29) is 0 Å². The Bertz CT molecular complexity index is 242. The van der Waals surface area contributed by atoms with Crippen molar-refractivity contribution in [2.75, 3.05) is 6.54 Å². The van der Waals surface area contributed by atoms with E-state index >= 15 is 0 Å². The van der Waals surface area contributed by atoms with Crippen LogP contribution in [0, 0.1) is 0 Å². The van der Waals surface area contributed by atoms with E-state index in [0.29, 0.717) is 0 Å². The molecule has 66 valence electrons. The number of hydrogen-bond donors (Lipinski definition) is 1. The molecule has 1 rings (SSSR count). The molecule has 1 N–H and O–H groups in total. The highest BCUT2D eigenvalue weighted by molar-refractivity contribution is 7.11. The van der Waals surface area contributed by atoms with Crippen molar-refractivity contribution in [1.29, 1.82) is 0 Å². The van der Waals surface area contributed by atoms with Gasteiger partial charge >= 0.3 is 0 Å². The van der Waals surface area contributed by atoms with Gasteiger partial charge in [0.2, 0.25) is 0 Å². The summed E-state index contributed by atoms with van der Waals surface area (Å²) >= 11 is 1.78. The Balaban J connectivity index is 2.36. The number of aryl methyl sites for hydroxylation is 1. The van der Waals surface area contributed by atoms with Crippen LogP contribution >= 0.6 is 11.3 Å². The standard InChI is InChI=1S/C9H14N2S/c1-3-5-10-6-8-7-11-9(4-2)12-8/h3,7,10H,1,4-6H2,2H3. The maximum atomic E-state index is 4.27. The summed E-state index contributed by atoms with van der Waals surface area (Å²) in [6, 6.07) is 0. The summed E-state index contributed by atoms with van der Waals surface area (Å²) in [5.41, 5.74) is 0. The molecule has 0 unspecified atom stereocenters. The van der Waals surface area contributed by atoms with Crippen molar-refractivity contribution in [1.82, 2.24) is 10.3 Å². The third kappa shape index (κ3) is 2.75. The summed E-state index contributed by atoms with van der Waals surface area (Å²) in [4.78, 5) is 5.57. The molecule has 0 amide bonds. The molecule has 0 fully saturated rings. The second-order valence-corrected chi connectivity index (χ2v) is 3.69. The number of aromatic nitrogens is 1. The van der Waals surface area contributed by atoms with E-state index in [2.05, 4.69) is 23.8 Å². The lowest BCUT2D eigenvalue weighted by molar-refractivity contribution is 0.769. The first-order valence-corrected chi connectivity index (χ1v) is 4.93. The first kappa shape index (κ1) is 9.42. The van der Waals surface area contributed by atoms with E-state index in [1.54, 1.807) is 11.3 Å². The molecular weight excluding hydrogens is 168 g/mol. The van der Waals surface area contributed by atoms with Crippen LogP contribution in [-0.2, 0) is 13.0 Å². The molecule has 12 heavy (non-hydrogen) atoms. The largest absolute Gasteiger partial charge is 0.308 e. The molecule has 0 aliphatic carbocycles. The summed E-state index contributed by atoms with van der Waals surface area (Å²) in [6.07, 6.45) is 4.84. The van der Waals surface area contributed by atoms with Crippen LogP contribution in [0.15, 0.2) is 18.9 Å². The van der Waals surface area contributed by atoms with Crippen LogP contribution in [-0.4, -0.2) is 11.5 Å². The molecule has 0 aromatic carbocycles. The Labute approximate surface area is 77.3 Å². The van der Waals surface area contributed by atoms with Gasteiger partial charge in [0.1, 0.15) is 0 Å². The second-order valence-electron chi connectivity index (χ2n) is 2.49. The van der Waals surface area contributed by atoms with E-state index in [1.807, 2.05) is 12.3 Å². The number of thiazole rings is 1. The number of rotatable bonds is 5. The predicted molar refractivity (Wildman–Crippen MR) is 53.4 cm³/mol. The maximum absolute atomic E-state index is 4.27. The Morgan fingerprint density at radius 2 is 2.58 bits per heavy atom. The van der Waals surface area contributed by atoms with Crippen molar-refractivity contribution < 1.29 is 0 Å². The number of nitrogens with one attached hydrogen (secondary N) is 1. The summed E-state index contributed by atoms with van der Waals surface area (Å²) in [6.45, 7) is 7.53. The predicted octanol–water partition coefficient (Wildman–Crippen LogP) is 1.98. The SMILES string of the molecule is C=CCNCc1cnc(CC)s1. The zero-order valence-corrected chi connectivity index (χ0v) is 8.16. The Morgan fingerprint density at radius 3 is 3.17 bits per heavy atom. The van der Waals surface area contributed by atoms with Gasteiger partial charge in [-0.25, -0.2) is 4.98 Å². The maximum Gasteiger partial charge on any atom is 0.0925 e. The second kappa shape index (κ2) is 5.06. The molecular formula is C9H14N2S. The summed E-state index contributed by atoms with van der Waals surface area (Å²) in [5, 5.41) is 4.45. The van der Waals surface area contributed by atoms with Gasteiger partial charge in [-0.3, -0.25) is 0 Å². The fourth-order valence-electron chi connectivity index (χ4n) is 0.891. The van der Waals surface area contributed by atoms with E-state index in [9.17, 15) is 0 Å². The van der Waals surface area contributed by atoms with Gasteiger partial charge in [-0.15, -0.1) is 17.9 Å². The molecule has 0 saturated carbocycles. The van der Waals surface area contributed by atoms with Crippen molar-refractivity contribution in [3.8, 4) is 0 Å². The van der Waals surface area contributed by atoms with Gasteiger partial charge in [-0.2, -0.15) is 0 Å². The van der Waals surface area contributed by atoms with Crippen LogP contribution in [0.1, 0.15) is 16.8 Å². The molecule has 1 aromatic rings. The van der Waals surface area contributed by atoms with Crippen LogP contribution < -0.4 is 5.32 Å². The van der Waals surface area contributed by atoms with Crippen LogP contribution in [0.25, 0.3) is 0 Å². The molecule has 2 nitrogen and oxygen atoms in total. The van der Waals surface area contributed by atoms with Crippen molar-refractivity contribution in [3.05, 3.63) is 28.7 Å². The zero-order chi connectivity index (χ0) is 8.81. The molecule has 0 atom stereocenters. The number of hydrogen-bond acceptors (Lipinski definition) is 3. The van der Waals surface area contributed by atoms with Crippen molar-refractivity contribution in [2.45, 2.75) is 19.9 Å². The molecule has 1 heterocycles. The monoisotopic (exact) mass is 182 g/mol. The molecule has 0 spiro atoms. The molecule has 0 bridgehead atoms. The average molecular weight is 182 g/mol. The lowest BCUT2D eigenvalue weighted by atomic mass is 10.5. The van der Waals surface area contributed by atoms with Gasteiger partial charge in [0.25, 0.3) is 0 Å². The Morgan fingerprint density at radius 1 is 1.75 bits per heavy atom. The van der Waals surface area contributed by atoms with Crippen molar-refractivity contribution in [3.63, 3.8) is 0 Å². The van der Waals surface area contributed by atoms with Crippen molar-refractivity contribution in [2.24, 2.45) is 0 Å². The van der Waals surface area contributed by atoms with E-state index < -0.39 is 0 Å². The quantitative estimate of drug-likeness (QED) is 0.556. The summed E-state index contributed by atoms with van der Waals surface area (Å²) < 4.78 is 0. The molecule has 3 heteroatoms. The first-order chi connectivity index (χ1) is 5.86. The molecule has 1 aromatic heterocycles. The molecule has 0 aliphatic heterocycles. The number of nitrogens with zero attached hydrogens (tertiary/aromatic N) is 1. The third-order valence-corrected chi connectivity index (χ3v) is 2.63. The normalized spacial score (nSPS) is 10.1. The first-order valence-electron chi connectivity index (χ1n) is 4.12. The highest BCUT2D eigenvalue weighted by Crippen LogP contribution is 2.12. The minimum Gasteiger partial charge on any atom is -0.308 e. The van der Waals surface area contributed by atoms with E-state index in [4.69, 9.17) is 0 Å². The van der Waals surface area contributed by atoms with Crippen LogP contribution in [0.2, 0.25) is 0 Å². The topological polar surface area (TPSA) is 24.9 Å². The highest BCUT2D eigenvalue weighted by Gasteiger charge is 1.97. The minimum atomic E-state index is 0.860. The van der Waals surface area contributed by atoms with Gasteiger partial charge in [-0.1, -0.05) is 13.0 Å². The fraction of sp³-hybridized carbons (Fsp3) is 0.444. The zero-order valence-electron chi connectivity index (χ0n) is 7.34. The van der Waals surface area contributed by atoms with Gasteiger partial charge in [0.05, 0.1) is 5.01 Å². The van der Waals surface area contributed by atoms with Crippen molar-refractivity contribution >= 4 is 11.3 Å². The smallest absolute Gasteiger partial charge is 0.0925 e. The van der Waals surface area contributed by atoms with Gasteiger partial charge in [-0.05, 0) is 6.42 Å².